The van der Waals surface area contributed by atoms with E-state index in [4.69, 9.17) is 4.74 Å². The van der Waals surface area contributed by atoms with Gasteiger partial charge in [0.25, 0.3) is 0 Å². The minimum Gasteiger partial charge on any atom is -0.385 e. The number of rotatable bonds is 7. The molecule has 0 radical (unpaired) electrons. The molecule has 2 N–H and O–H groups in total. The summed E-state index contributed by atoms with van der Waals surface area (Å²) in [5, 5.41) is 8.04. The van der Waals surface area contributed by atoms with Gasteiger partial charge in [0.05, 0.1) is 12.2 Å². The van der Waals surface area contributed by atoms with Crippen LogP contribution < -0.4 is 10.6 Å². The van der Waals surface area contributed by atoms with Gasteiger partial charge < -0.3 is 20.3 Å². The van der Waals surface area contributed by atoms with Gasteiger partial charge in [-0.25, -0.2) is 4.98 Å². The summed E-state index contributed by atoms with van der Waals surface area (Å²) in [6, 6.07) is 0.495. The van der Waals surface area contributed by atoms with E-state index in [1.54, 1.807) is 18.4 Å². The van der Waals surface area contributed by atoms with Gasteiger partial charge in [-0.2, -0.15) is 0 Å². The molecular formula is C17H32IN5OS. The molecule has 1 saturated heterocycles. The number of aryl methyl sites for hydroxylation is 2. The summed E-state index contributed by atoms with van der Waals surface area (Å²) >= 11 is 1.75. The first-order chi connectivity index (χ1) is 11.6. The van der Waals surface area contributed by atoms with Gasteiger partial charge >= 0.3 is 0 Å². The van der Waals surface area contributed by atoms with Crippen LogP contribution in [-0.2, 0) is 11.3 Å². The van der Waals surface area contributed by atoms with Gasteiger partial charge in [0.1, 0.15) is 5.01 Å². The number of guanidine groups is 1. The van der Waals surface area contributed by atoms with Crippen LogP contribution in [0, 0.1) is 13.8 Å². The molecule has 144 valence electrons. The van der Waals surface area contributed by atoms with Crippen molar-refractivity contribution in [3.8, 4) is 0 Å². The topological polar surface area (TPSA) is 61.8 Å². The Morgan fingerprint density at radius 2 is 2.08 bits per heavy atom. The van der Waals surface area contributed by atoms with E-state index in [0.29, 0.717) is 6.04 Å². The third-order valence-corrected chi connectivity index (χ3v) is 5.53. The summed E-state index contributed by atoms with van der Waals surface area (Å²) < 4.78 is 5.13. The largest absolute Gasteiger partial charge is 0.385 e. The summed E-state index contributed by atoms with van der Waals surface area (Å²) in [5.41, 5.74) is 1.13. The number of halogens is 1. The molecule has 0 bridgehead atoms. The Hall–Kier alpha value is -0.450. The Morgan fingerprint density at radius 1 is 1.36 bits per heavy atom. The molecule has 1 aliphatic heterocycles. The van der Waals surface area contributed by atoms with Crippen LogP contribution in [0.15, 0.2) is 4.99 Å². The minimum atomic E-state index is 0. The van der Waals surface area contributed by atoms with Gasteiger partial charge in [0.2, 0.25) is 0 Å². The summed E-state index contributed by atoms with van der Waals surface area (Å²) in [4.78, 5) is 12.7. The third kappa shape index (κ3) is 7.76. The highest BCUT2D eigenvalue weighted by molar-refractivity contribution is 14.0. The van der Waals surface area contributed by atoms with Crippen LogP contribution in [0.2, 0.25) is 0 Å². The first-order valence-corrected chi connectivity index (χ1v) is 9.55. The molecule has 1 aliphatic rings. The zero-order valence-corrected chi connectivity index (χ0v) is 18.9. The number of thiazole rings is 1. The Kier molecular flexibility index (Phi) is 10.9. The highest BCUT2D eigenvalue weighted by Gasteiger charge is 2.19. The number of hydrogen-bond donors (Lipinski definition) is 2. The van der Waals surface area contributed by atoms with Crippen molar-refractivity contribution < 1.29 is 4.74 Å². The molecule has 2 heterocycles. The zero-order chi connectivity index (χ0) is 17.4. The van der Waals surface area contributed by atoms with Gasteiger partial charge in [-0.05, 0) is 33.1 Å². The maximum Gasteiger partial charge on any atom is 0.191 e. The van der Waals surface area contributed by atoms with E-state index in [0.717, 1.165) is 68.7 Å². The fourth-order valence-electron chi connectivity index (χ4n) is 2.90. The van der Waals surface area contributed by atoms with Crippen molar-refractivity contribution in [1.82, 2.24) is 20.5 Å². The van der Waals surface area contributed by atoms with E-state index in [-0.39, 0.29) is 24.0 Å². The molecule has 0 amide bonds. The number of nitrogens with one attached hydrogen (secondary N) is 2. The standard InChI is InChI=1S/C17H31N5OS.HI/c1-13-14(2)24-16(20-13)12-19-17(18-3)21-15-6-9-22(10-7-15)8-5-11-23-4;/h15H,5-12H2,1-4H3,(H2,18,19,21);1H. The summed E-state index contributed by atoms with van der Waals surface area (Å²) in [6.45, 7) is 9.18. The van der Waals surface area contributed by atoms with Crippen molar-refractivity contribution in [3.63, 3.8) is 0 Å². The molecule has 8 heteroatoms. The molecule has 0 aromatic carbocycles. The molecule has 0 saturated carbocycles. The number of hydrogen-bond acceptors (Lipinski definition) is 5. The second-order valence-electron chi connectivity index (χ2n) is 6.28. The SMILES string of the molecule is CN=C(NCc1nc(C)c(C)s1)NC1CCN(CCCOC)CC1.I. The van der Waals surface area contributed by atoms with Crippen molar-refractivity contribution in [2.24, 2.45) is 4.99 Å². The third-order valence-electron chi connectivity index (χ3n) is 4.45. The molecule has 6 nitrogen and oxygen atoms in total. The van der Waals surface area contributed by atoms with Crippen LogP contribution >= 0.6 is 35.3 Å². The molecule has 1 aromatic heterocycles. The zero-order valence-electron chi connectivity index (χ0n) is 15.8. The lowest BCUT2D eigenvalue weighted by molar-refractivity contribution is 0.155. The normalized spacial score (nSPS) is 16.6. The minimum absolute atomic E-state index is 0. The monoisotopic (exact) mass is 481 g/mol. The van der Waals surface area contributed by atoms with Gasteiger partial charge in [0, 0.05) is 51.3 Å². The van der Waals surface area contributed by atoms with Crippen LogP contribution in [0.4, 0.5) is 0 Å². The highest BCUT2D eigenvalue weighted by Crippen LogP contribution is 2.16. The van der Waals surface area contributed by atoms with Crippen LogP contribution in [-0.4, -0.2) is 62.3 Å². The predicted octanol–water partition coefficient (Wildman–Crippen LogP) is 2.54. The lowest BCUT2D eigenvalue weighted by atomic mass is 10.1. The van der Waals surface area contributed by atoms with Crippen LogP contribution in [0.1, 0.15) is 34.8 Å². The lowest BCUT2D eigenvalue weighted by Crippen LogP contribution is -2.48. The molecule has 0 unspecified atom stereocenters. The Morgan fingerprint density at radius 3 is 2.64 bits per heavy atom. The Labute approximate surface area is 172 Å². The number of likely N-dealkylation sites (tertiary alicyclic amines) is 1. The van der Waals surface area contributed by atoms with E-state index in [1.165, 1.54) is 4.88 Å². The number of methoxy groups -OCH3 is 1. The number of nitrogens with zero attached hydrogens (tertiary/aromatic N) is 3. The maximum absolute atomic E-state index is 5.13. The molecular weight excluding hydrogens is 449 g/mol. The second kappa shape index (κ2) is 12.0. The van der Waals surface area contributed by atoms with Crippen LogP contribution in [0.3, 0.4) is 0 Å². The molecule has 0 aliphatic carbocycles. The molecule has 2 rings (SSSR count). The molecule has 1 fully saturated rings. The van der Waals surface area contributed by atoms with Crippen molar-refractivity contribution >= 4 is 41.3 Å². The summed E-state index contributed by atoms with van der Waals surface area (Å²) in [7, 11) is 3.59. The summed E-state index contributed by atoms with van der Waals surface area (Å²) in [6.07, 6.45) is 3.43. The van der Waals surface area contributed by atoms with Crippen molar-refractivity contribution in [3.05, 3.63) is 15.6 Å². The molecule has 1 aromatic rings. The van der Waals surface area contributed by atoms with E-state index in [1.807, 2.05) is 7.05 Å². The van der Waals surface area contributed by atoms with Gasteiger partial charge in [-0.1, -0.05) is 0 Å². The average molecular weight is 481 g/mol. The fraction of sp³-hybridized carbons (Fsp3) is 0.765. The Balaban J connectivity index is 0.00000312. The summed E-state index contributed by atoms with van der Waals surface area (Å²) in [5.74, 6) is 0.873. The quantitative estimate of drug-likeness (QED) is 0.271. The van der Waals surface area contributed by atoms with Gasteiger partial charge in [0.15, 0.2) is 5.96 Å². The number of piperidine rings is 1. The van der Waals surface area contributed by atoms with Gasteiger partial charge in [-0.3, -0.25) is 4.99 Å². The number of aromatic nitrogens is 1. The van der Waals surface area contributed by atoms with Crippen molar-refractivity contribution in [1.29, 1.82) is 0 Å². The Bertz CT molecular complexity index is 510. The van der Waals surface area contributed by atoms with Crippen LogP contribution in [0.25, 0.3) is 0 Å². The van der Waals surface area contributed by atoms with Gasteiger partial charge in [-0.15, -0.1) is 35.3 Å². The molecule has 25 heavy (non-hydrogen) atoms. The van der Waals surface area contributed by atoms with E-state index >= 15 is 0 Å². The average Bonchev–Trinajstić information content (AvgIpc) is 2.91. The van der Waals surface area contributed by atoms with E-state index < -0.39 is 0 Å². The van der Waals surface area contributed by atoms with E-state index in [9.17, 15) is 0 Å². The maximum atomic E-state index is 5.13. The first-order valence-electron chi connectivity index (χ1n) is 8.73. The fourth-order valence-corrected chi connectivity index (χ4v) is 3.77. The lowest BCUT2D eigenvalue weighted by Gasteiger charge is -2.33. The predicted molar refractivity (Wildman–Crippen MR) is 116 cm³/mol. The van der Waals surface area contributed by atoms with E-state index in [2.05, 4.69) is 39.4 Å². The van der Waals surface area contributed by atoms with Crippen molar-refractivity contribution in [2.45, 2.75) is 45.7 Å². The smallest absolute Gasteiger partial charge is 0.191 e. The number of aliphatic imine (C=N–C) groups is 1. The second-order valence-corrected chi connectivity index (χ2v) is 7.57. The highest BCUT2D eigenvalue weighted by atomic mass is 127. The first kappa shape index (κ1) is 22.6. The van der Waals surface area contributed by atoms with Crippen LogP contribution in [0.5, 0.6) is 0 Å². The molecule has 0 spiro atoms. The van der Waals surface area contributed by atoms with Crippen molar-refractivity contribution in [2.75, 3.05) is 40.4 Å². The molecule has 0 atom stereocenters. The number of ether oxygens (including phenoxy) is 1.